The van der Waals surface area contributed by atoms with E-state index in [-0.39, 0.29) is 28.9 Å². The van der Waals surface area contributed by atoms with E-state index >= 15 is 0 Å². The van der Waals surface area contributed by atoms with Gasteiger partial charge >= 0.3 is 12.1 Å². The van der Waals surface area contributed by atoms with Gasteiger partial charge in [0, 0.05) is 0 Å². The maximum Gasteiger partial charge on any atom is 0.407 e. The van der Waals surface area contributed by atoms with Crippen molar-refractivity contribution in [1.82, 2.24) is 5.32 Å². The quantitative estimate of drug-likeness (QED) is 0.769. The predicted molar refractivity (Wildman–Crippen MR) is 80.8 cm³/mol. The van der Waals surface area contributed by atoms with Crippen molar-refractivity contribution in [2.24, 2.45) is 0 Å². The van der Waals surface area contributed by atoms with Gasteiger partial charge in [0.05, 0.1) is 11.0 Å². The zero-order valence-electron chi connectivity index (χ0n) is 12.4. The summed E-state index contributed by atoms with van der Waals surface area (Å²) < 4.78 is 23.7. The molecule has 0 saturated carbocycles. The molecule has 0 aliphatic heterocycles. The van der Waals surface area contributed by atoms with Gasteiger partial charge in [0.25, 0.3) is 0 Å². The van der Waals surface area contributed by atoms with Crippen LogP contribution in [0.15, 0.2) is 16.6 Å². The van der Waals surface area contributed by atoms with E-state index in [0.29, 0.717) is 0 Å². The van der Waals surface area contributed by atoms with Crippen molar-refractivity contribution in [2.75, 3.05) is 13.2 Å². The Bertz CT molecular complexity index is 571. The van der Waals surface area contributed by atoms with Crippen LogP contribution < -0.4 is 10.1 Å². The molecule has 0 aromatic heterocycles. The number of halogens is 2. The molecule has 0 aliphatic rings. The highest BCUT2D eigenvalue weighted by Gasteiger charge is 2.17. The molecule has 1 rings (SSSR count). The van der Waals surface area contributed by atoms with Gasteiger partial charge in [0.1, 0.15) is 29.3 Å². The molecule has 8 heteroatoms. The molecule has 0 heterocycles. The lowest BCUT2D eigenvalue weighted by Gasteiger charge is -2.19. The maximum atomic E-state index is 13.3. The molecule has 1 amide bonds. The fraction of sp³-hybridized carbons (Fsp3) is 0.429. The zero-order chi connectivity index (χ0) is 16.9. The summed E-state index contributed by atoms with van der Waals surface area (Å²) in [7, 11) is 0. The number of nitrogens with one attached hydrogen (secondary N) is 1. The van der Waals surface area contributed by atoms with Crippen LogP contribution in [0.2, 0.25) is 0 Å². The molecule has 0 aliphatic carbocycles. The van der Waals surface area contributed by atoms with E-state index in [2.05, 4.69) is 21.2 Å². The summed E-state index contributed by atoms with van der Waals surface area (Å²) in [6.45, 7) is 5.33. The average Bonchev–Trinajstić information content (AvgIpc) is 2.35. The molecule has 0 fully saturated rings. The fourth-order valence-electron chi connectivity index (χ4n) is 1.44. The number of amides is 1. The number of carbonyl (C=O) groups excluding carboxylic acids is 1. The SMILES string of the molecule is CC(C)(C)OC(=O)NCCOc1cc(Br)c(F)cc1C(=O)O. The minimum Gasteiger partial charge on any atom is -0.491 e. The van der Waals surface area contributed by atoms with E-state index in [1.165, 1.54) is 6.07 Å². The third-order valence-electron chi connectivity index (χ3n) is 2.28. The molecule has 0 unspecified atom stereocenters. The molecule has 122 valence electrons. The average molecular weight is 378 g/mol. The molecule has 1 aromatic carbocycles. The lowest BCUT2D eigenvalue weighted by Crippen LogP contribution is -2.34. The molecule has 1 aromatic rings. The number of aromatic carboxylic acids is 1. The van der Waals surface area contributed by atoms with Crippen molar-refractivity contribution in [3.8, 4) is 5.75 Å². The number of benzene rings is 1. The lowest BCUT2D eigenvalue weighted by atomic mass is 10.2. The highest BCUT2D eigenvalue weighted by Crippen LogP contribution is 2.26. The van der Waals surface area contributed by atoms with Gasteiger partial charge in [0.15, 0.2) is 0 Å². The highest BCUT2D eigenvalue weighted by atomic mass is 79.9. The van der Waals surface area contributed by atoms with E-state index < -0.39 is 23.5 Å². The highest BCUT2D eigenvalue weighted by molar-refractivity contribution is 9.10. The molecule has 0 spiro atoms. The molecule has 22 heavy (non-hydrogen) atoms. The summed E-state index contributed by atoms with van der Waals surface area (Å²) in [5, 5.41) is 11.5. The van der Waals surface area contributed by atoms with Crippen molar-refractivity contribution >= 4 is 28.0 Å². The molecule has 6 nitrogen and oxygen atoms in total. The first-order chi connectivity index (χ1) is 10.1. The van der Waals surface area contributed by atoms with Gasteiger partial charge < -0.3 is 19.9 Å². The van der Waals surface area contributed by atoms with Crippen molar-refractivity contribution in [2.45, 2.75) is 26.4 Å². The monoisotopic (exact) mass is 377 g/mol. The van der Waals surface area contributed by atoms with Crippen LogP contribution in [0, 0.1) is 5.82 Å². The van der Waals surface area contributed by atoms with E-state index in [0.717, 1.165) is 6.07 Å². The van der Waals surface area contributed by atoms with Crippen LogP contribution in [0.1, 0.15) is 31.1 Å². The van der Waals surface area contributed by atoms with Gasteiger partial charge in [-0.25, -0.2) is 14.0 Å². The fourth-order valence-corrected chi connectivity index (χ4v) is 1.77. The number of alkyl carbamates (subject to hydrolysis) is 1. The molecule has 0 radical (unpaired) electrons. The maximum absolute atomic E-state index is 13.3. The van der Waals surface area contributed by atoms with Crippen molar-refractivity contribution < 1.29 is 28.6 Å². The van der Waals surface area contributed by atoms with Crippen LogP contribution in [-0.2, 0) is 4.74 Å². The lowest BCUT2D eigenvalue weighted by molar-refractivity contribution is 0.0518. The van der Waals surface area contributed by atoms with Crippen molar-refractivity contribution in [3.05, 3.63) is 28.0 Å². The van der Waals surface area contributed by atoms with Gasteiger partial charge in [-0.1, -0.05) is 0 Å². The van der Waals surface area contributed by atoms with Gasteiger partial charge in [-0.15, -0.1) is 0 Å². The Morgan fingerprint density at radius 2 is 2.00 bits per heavy atom. The number of carboxylic acid groups (broad SMARTS) is 1. The smallest absolute Gasteiger partial charge is 0.407 e. The van der Waals surface area contributed by atoms with Crippen LogP contribution in [0.25, 0.3) is 0 Å². The number of carbonyl (C=O) groups is 2. The van der Waals surface area contributed by atoms with Crippen LogP contribution in [0.4, 0.5) is 9.18 Å². The molecule has 0 bridgehead atoms. The second kappa shape index (κ2) is 7.44. The number of ether oxygens (including phenoxy) is 2. The molecular formula is C14H17BrFNO5. The zero-order valence-corrected chi connectivity index (χ0v) is 14.0. The van der Waals surface area contributed by atoms with E-state index in [4.69, 9.17) is 14.6 Å². The topological polar surface area (TPSA) is 84.9 Å². The molecule has 0 saturated heterocycles. The molecule has 0 atom stereocenters. The van der Waals surface area contributed by atoms with Crippen LogP contribution in [0.3, 0.4) is 0 Å². The summed E-state index contributed by atoms with van der Waals surface area (Å²) in [6.07, 6.45) is -0.602. The minimum absolute atomic E-state index is 0.00626. The summed E-state index contributed by atoms with van der Waals surface area (Å²) in [5.41, 5.74) is -0.901. The van der Waals surface area contributed by atoms with Crippen LogP contribution in [-0.4, -0.2) is 35.9 Å². The Balaban J connectivity index is 2.57. The third-order valence-corrected chi connectivity index (χ3v) is 2.89. The first-order valence-electron chi connectivity index (χ1n) is 6.42. The Morgan fingerprint density at radius 3 is 2.55 bits per heavy atom. The number of hydrogen-bond donors (Lipinski definition) is 2. The first kappa shape index (κ1) is 18.2. The first-order valence-corrected chi connectivity index (χ1v) is 7.21. The standard InChI is InChI=1S/C14H17BrFNO5/c1-14(2,3)22-13(20)17-4-5-21-11-7-9(15)10(16)6-8(11)12(18)19/h6-7H,4-5H2,1-3H3,(H,17,20)(H,18,19). The van der Waals surface area contributed by atoms with E-state index in [1.54, 1.807) is 20.8 Å². The second-order valence-corrected chi connectivity index (χ2v) is 6.20. The summed E-state index contributed by atoms with van der Waals surface area (Å²) >= 11 is 2.96. The molecular weight excluding hydrogens is 361 g/mol. The third kappa shape index (κ3) is 5.88. The Kier molecular flexibility index (Phi) is 6.16. The Hall–Kier alpha value is -1.83. The summed E-state index contributed by atoms with van der Waals surface area (Å²) in [6, 6.07) is 2.09. The van der Waals surface area contributed by atoms with Gasteiger partial charge in [-0.05, 0) is 48.8 Å². The summed E-state index contributed by atoms with van der Waals surface area (Å²) in [4.78, 5) is 22.4. The van der Waals surface area contributed by atoms with Gasteiger partial charge in [-0.3, -0.25) is 0 Å². The summed E-state index contributed by atoms with van der Waals surface area (Å²) in [5.74, 6) is -2.00. The van der Waals surface area contributed by atoms with Gasteiger partial charge in [0.2, 0.25) is 0 Å². The normalized spacial score (nSPS) is 11.0. The van der Waals surface area contributed by atoms with Crippen molar-refractivity contribution in [3.63, 3.8) is 0 Å². The second-order valence-electron chi connectivity index (χ2n) is 5.34. The number of hydrogen-bond acceptors (Lipinski definition) is 4. The number of carboxylic acids is 1. The van der Waals surface area contributed by atoms with E-state index in [9.17, 15) is 14.0 Å². The number of rotatable bonds is 5. The Morgan fingerprint density at radius 1 is 1.36 bits per heavy atom. The van der Waals surface area contributed by atoms with Gasteiger partial charge in [-0.2, -0.15) is 0 Å². The Labute approximate surface area is 135 Å². The largest absolute Gasteiger partial charge is 0.491 e. The van der Waals surface area contributed by atoms with Crippen molar-refractivity contribution in [1.29, 1.82) is 0 Å². The minimum atomic E-state index is -1.30. The van der Waals surface area contributed by atoms with Crippen LogP contribution in [0.5, 0.6) is 5.75 Å². The van der Waals surface area contributed by atoms with Crippen LogP contribution >= 0.6 is 15.9 Å². The predicted octanol–water partition coefficient (Wildman–Crippen LogP) is 3.19. The molecule has 2 N–H and O–H groups in total. The van der Waals surface area contributed by atoms with E-state index in [1.807, 2.05) is 0 Å².